The summed E-state index contributed by atoms with van der Waals surface area (Å²) in [6.07, 6.45) is 0. The van der Waals surface area contributed by atoms with E-state index in [2.05, 4.69) is 5.43 Å². The molecule has 0 spiro atoms. The Morgan fingerprint density at radius 3 is 2.46 bits per heavy atom. The molecule has 0 saturated heterocycles. The number of nitrogens with zero attached hydrogens (tertiary/aromatic N) is 1. The van der Waals surface area contributed by atoms with E-state index in [0.717, 1.165) is 16.5 Å². The third kappa shape index (κ3) is 3.42. The summed E-state index contributed by atoms with van der Waals surface area (Å²) in [6.45, 7) is 0.594. The highest BCUT2D eigenvalue weighted by Crippen LogP contribution is 2.10. The van der Waals surface area contributed by atoms with Crippen LogP contribution in [-0.4, -0.2) is 24.5 Å². The second-order valence-corrected chi connectivity index (χ2v) is 2.71. The molecule has 0 aromatic heterocycles. The van der Waals surface area contributed by atoms with Crippen molar-refractivity contribution in [2.24, 2.45) is 0 Å². The number of nitrogens with one attached hydrogen (secondary N) is 1. The van der Waals surface area contributed by atoms with Gasteiger partial charge >= 0.3 is 0 Å². The van der Waals surface area contributed by atoms with E-state index in [-0.39, 0.29) is 0 Å². The van der Waals surface area contributed by atoms with Crippen molar-refractivity contribution in [3.63, 3.8) is 0 Å². The molecule has 4 nitrogen and oxygen atoms in total. The maximum atomic E-state index is 8.81. The predicted molar refractivity (Wildman–Crippen MR) is 49.4 cm³/mol. The molecular formula is C9H14N2O2. The molecule has 0 atom stereocenters. The average Bonchev–Trinajstić information content (AvgIpc) is 2.15. The summed E-state index contributed by atoms with van der Waals surface area (Å²) in [6, 6.07) is 7.65. The quantitative estimate of drug-likeness (QED) is 0.682. The predicted octanol–water partition coefficient (Wildman–Crippen LogP) is 1.02. The zero-order valence-electron chi connectivity index (χ0n) is 7.82. The lowest BCUT2D eigenvalue weighted by Gasteiger charge is -2.09. The number of hydrogen-bond acceptors (Lipinski definition) is 4. The number of methoxy groups -OCH3 is 1. The molecule has 72 valence electrons. The minimum absolute atomic E-state index is 0.594. The van der Waals surface area contributed by atoms with Gasteiger partial charge < -0.3 is 4.74 Å². The van der Waals surface area contributed by atoms with Gasteiger partial charge in [0.2, 0.25) is 0 Å². The van der Waals surface area contributed by atoms with Crippen molar-refractivity contribution in [1.82, 2.24) is 10.6 Å². The summed E-state index contributed by atoms with van der Waals surface area (Å²) < 4.78 is 5.01. The van der Waals surface area contributed by atoms with E-state index in [1.54, 1.807) is 7.11 Å². The lowest BCUT2D eigenvalue weighted by atomic mass is 10.2. The fourth-order valence-corrected chi connectivity index (χ4v) is 0.949. The molecule has 0 amide bonds. The molecule has 0 aliphatic carbocycles. The largest absolute Gasteiger partial charge is 0.497 e. The highest BCUT2D eigenvalue weighted by atomic mass is 16.5. The molecule has 1 rings (SSSR count). The van der Waals surface area contributed by atoms with Crippen LogP contribution in [0.5, 0.6) is 5.75 Å². The summed E-state index contributed by atoms with van der Waals surface area (Å²) in [7, 11) is 3.16. The number of ether oxygens (including phenoxy) is 1. The molecule has 1 aromatic carbocycles. The number of rotatable bonds is 4. The fourth-order valence-electron chi connectivity index (χ4n) is 0.949. The maximum Gasteiger partial charge on any atom is 0.118 e. The topological polar surface area (TPSA) is 44.7 Å². The van der Waals surface area contributed by atoms with Gasteiger partial charge in [0.15, 0.2) is 0 Å². The standard InChI is InChI=1S/C9H14N2O2/c1-11(12)10-7-8-3-5-9(13-2)6-4-8/h3-6,10,12H,7H2,1-2H3. The SMILES string of the molecule is COc1ccc(CNN(C)O)cc1. The van der Waals surface area contributed by atoms with Crippen molar-refractivity contribution in [2.45, 2.75) is 6.54 Å². The van der Waals surface area contributed by atoms with Gasteiger partial charge in [0.05, 0.1) is 7.11 Å². The van der Waals surface area contributed by atoms with Crippen molar-refractivity contribution in [2.75, 3.05) is 14.2 Å². The Bertz CT molecular complexity index is 246. The van der Waals surface area contributed by atoms with Crippen LogP contribution in [0.2, 0.25) is 0 Å². The second kappa shape index (κ2) is 4.81. The monoisotopic (exact) mass is 182 g/mol. The van der Waals surface area contributed by atoms with E-state index in [1.807, 2.05) is 24.3 Å². The molecule has 0 unspecified atom stereocenters. The van der Waals surface area contributed by atoms with Crippen LogP contribution in [0.4, 0.5) is 0 Å². The maximum absolute atomic E-state index is 8.81. The molecule has 0 fully saturated rings. The van der Waals surface area contributed by atoms with E-state index in [4.69, 9.17) is 9.94 Å². The van der Waals surface area contributed by atoms with Gasteiger partial charge in [-0.3, -0.25) is 5.21 Å². The third-order valence-corrected chi connectivity index (χ3v) is 1.67. The van der Waals surface area contributed by atoms with Crippen molar-refractivity contribution in [1.29, 1.82) is 0 Å². The van der Waals surface area contributed by atoms with Crippen molar-refractivity contribution in [3.8, 4) is 5.75 Å². The van der Waals surface area contributed by atoms with Gasteiger partial charge in [0, 0.05) is 13.6 Å². The summed E-state index contributed by atoms with van der Waals surface area (Å²) in [5.41, 5.74) is 3.83. The zero-order chi connectivity index (χ0) is 9.68. The first-order chi connectivity index (χ1) is 6.22. The van der Waals surface area contributed by atoms with E-state index in [0.29, 0.717) is 6.54 Å². The van der Waals surface area contributed by atoms with Crippen molar-refractivity contribution in [3.05, 3.63) is 29.8 Å². The minimum atomic E-state index is 0.594. The normalized spacial score (nSPS) is 10.5. The van der Waals surface area contributed by atoms with Crippen LogP contribution in [0.25, 0.3) is 0 Å². The first kappa shape index (κ1) is 9.98. The number of hydroxylamine groups is 1. The first-order valence-electron chi connectivity index (χ1n) is 4.01. The average molecular weight is 182 g/mol. The Morgan fingerprint density at radius 2 is 2.00 bits per heavy atom. The van der Waals surface area contributed by atoms with E-state index in [9.17, 15) is 0 Å². The smallest absolute Gasteiger partial charge is 0.118 e. The van der Waals surface area contributed by atoms with Gasteiger partial charge in [0.1, 0.15) is 5.75 Å². The molecule has 0 heterocycles. The first-order valence-corrected chi connectivity index (χ1v) is 4.01. The molecule has 13 heavy (non-hydrogen) atoms. The Labute approximate surface area is 77.7 Å². The van der Waals surface area contributed by atoms with Gasteiger partial charge in [-0.05, 0) is 17.7 Å². The summed E-state index contributed by atoms with van der Waals surface area (Å²) in [5.74, 6) is 0.834. The molecule has 1 aromatic rings. The number of hydrogen-bond donors (Lipinski definition) is 2. The van der Waals surface area contributed by atoms with Crippen LogP contribution in [0.3, 0.4) is 0 Å². The zero-order valence-corrected chi connectivity index (χ0v) is 7.82. The summed E-state index contributed by atoms with van der Waals surface area (Å²) in [4.78, 5) is 0. The van der Waals surface area contributed by atoms with Crippen molar-refractivity contribution >= 4 is 0 Å². The minimum Gasteiger partial charge on any atom is -0.497 e. The van der Waals surface area contributed by atoms with E-state index < -0.39 is 0 Å². The molecule has 0 bridgehead atoms. The van der Waals surface area contributed by atoms with Crippen LogP contribution >= 0.6 is 0 Å². The Balaban J connectivity index is 2.49. The van der Waals surface area contributed by atoms with Gasteiger partial charge in [0.25, 0.3) is 0 Å². The van der Waals surface area contributed by atoms with Crippen molar-refractivity contribution < 1.29 is 9.94 Å². The number of benzene rings is 1. The molecule has 0 aliphatic rings. The molecule has 0 radical (unpaired) electrons. The highest BCUT2D eigenvalue weighted by Gasteiger charge is 1.94. The van der Waals surface area contributed by atoms with Crippen LogP contribution in [0.15, 0.2) is 24.3 Å². The molecule has 0 aliphatic heterocycles. The van der Waals surface area contributed by atoms with Crippen LogP contribution in [0.1, 0.15) is 5.56 Å². The molecule has 4 heteroatoms. The summed E-state index contributed by atoms with van der Waals surface area (Å²) in [5, 5.41) is 9.75. The van der Waals surface area contributed by atoms with Gasteiger partial charge in [-0.25, -0.2) is 5.43 Å². The Hall–Kier alpha value is -1.10. The van der Waals surface area contributed by atoms with Crippen LogP contribution in [0, 0.1) is 0 Å². The number of hydrazine groups is 1. The van der Waals surface area contributed by atoms with E-state index in [1.165, 1.54) is 7.05 Å². The molecule has 2 N–H and O–H groups in total. The summed E-state index contributed by atoms with van der Waals surface area (Å²) >= 11 is 0. The van der Waals surface area contributed by atoms with Crippen LogP contribution < -0.4 is 10.2 Å². The highest BCUT2D eigenvalue weighted by molar-refractivity contribution is 5.26. The Morgan fingerprint density at radius 1 is 1.38 bits per heavy atom. The van der Waals surface area contributed by atoms with Gasteiger partial charge in [-0.1, -0.05) is 12.1 Å². The fraction of sp³-hybridized carbons (Fsp3) is 0.333. The van der Waals surface area contributed by atoms with Crippen LogP contribution in [-0.2, 0) is 6.54 Å². The lowest BCUT2D eigenvalue weighted by molar-refractivity contribution is -0.114. The molecule has 0 saturated carbocycles. The Kier molecular flexibility index (Phi) is 3.70. The lowest BCUT2D eigenvalue weighted by Crippen LogP contribution is -2.30. The second-order valence-electron chi connectivity index (χ2n) is 2.71. The van der Waals surface area contributed by atoms with Gasteiger partial charge in [-0.15, -0.1) is 5.17 Å². The van der Waals surface area contributed by atoms with Gasteiger partial charge in [-0.2, -0.15) is 0 Å². The molecular weight excluding hydrogens is 168 g/mol. The van der Waals surface area contributed by atoms with E-state index >= 15 is 0 Å². The third-order valence-electron chi connectivity index (χ3n) is 1.67.